The molecule has 1 saturated heterocycles. The lowest BCUT2D eigenvalue weighted by atomic mass is 9.70. The Morgan fingerprint density at radius 1 is 1.37 bits per heavy atom. The summed E-state index contributed by atoms with van der Waals surface area (Å²) >= 11 is 0. The minimum Gasteiger partial charge on any atom is -0.349 e. The molecule has 1 heterocycles. The van der Waals surface area contributed by atoms with Gasteiger partial charge < -0.3 is 9.47 Å². The van der Waals surface area contributed by atoms with Crippen molar-refractivity contribution >= 4 is 5.78 Å². The van der Waals surface area contributed by atoms with Gasteiger partial charge in [0.15, 0.2) is 12.1 Å². The number of carbonyl (C=O) groups excluding carboxylic acids is 1. The molecule has 1 aliphatic heterocycles. The van der Waals surface area contributed by atoms with Crippen LogP contribution in [0.4, 0.5) is 0 Å². The summed E-state index contributed by atoms with van der Waals surface area (Å²) < 4.78 is 12.0. The second-order valence-electron chi connectivity index (χ2n) is 7.56. The van der Waals surface area contributed by atoms with E-state index in [-0.39, 0.29) is 23.6 Å². The van der Waals surface area contributed by atoms with E-state index in [1.807, 2.05) is 6.92 Å². The van der Waals surface area contributed by atoms with Gasteiger partial charge in [-0.25, -0.2) is 0 Å². The molecule has 0 unspecified atom stereocenters. The molecule has 0 spiro atoms. The van der Waals surface area contributed by atoms with Gasteiger partial charge in [0, 0.05) is 6.42 Å². The predicted octanol–water partition coefficient (Wildman–Crippen LogP) is 3.17. The van der Waals surface area contributed by atoms with Crippen molar-refractivity contribution in [1.82, 2.24) is 0 Å². The van der Waals surface area contributed by atoms with Crippen LogP contribution >= 0.6 is 0 Å². The third kappa shape index (κ3) is 1.67. The zero-order chi connectivity index (χ0) is 14.0. The average molecular weight is 266 g/mol. The molecule has 3 rings (SSSR count). The molecule has 0 aromatic heterocycles. The lowest BCUT2D eigenvalue weighted by molar-refractivity contribution is -0.185. The quantitative estimate of drug-likeness (QED) is 0.787. The zero-order valence-electron chi connectivity index (χ0n) is 12.7. The van der Waals surface area contributed by atoms with Crippen molar-refractivity contribution in [3.8, 4) is 0 Å². The fourth-order valence-corrected chi connectivity index (χ4v) is 4.89. The van der Waals surface area contributed by atoms with Gasteiger partial charge >= 0.3 is 0 Å². The number of ketones is 1. The van der Waals surface area contributed by atoms with E-state index < -0.39 is 0 Å². The van der Waals surface area contributed by atoms with Crippen LogP contribution in [0.25, 0.3) is 0 Å². The smallest absolute Gasteiger partial charge is 0.159 e. The number of fused-ring (bicyclic) bond motifs is 5. The first-order chi connectivity index (χ1) is 8.77. The summed E-state index contributed by atoms with van der Waals surface area (Å²) in [4.78, 5) is 11.3. The van der Waals surface area contributed by atoms with Gasteiger partial charge in [0.05, 0.1) is 6.10 Å². The number of ether oxygens (including phenoxy) is 2. The second kappa shape index (κ2) is 4.05. The number of Topliss-reactive ketones (excluding diaryl/α,β-unsaturated/α-hetero) is 1. The fourth-order valence-electron chi connectivity index (χ4n) is 4.89. The molecule has 3 heteroatoms. The van der Waals surface area contributed by atoms with E-state index in [0.717, 1.165) is 12.3 Å². The Kier molecular flexibility index (Phi) is 2.89. The van der Waals surface area contributed by atoms with E-state index in [4.69, 9.17) is 9.47 Å². The Morgan fingerprint density at radius 2 is 2.05 bits per heavy atom. The summed E-state index contributed by atoms with van der Waals surface area (Å²) in [6, 6.07) is 0. The summed E-state index contributed by atoms with van der Waals surface area (Å²) in [6.07, 6.45) is 3.35. The number of rotatable bonds is 3. The van der Waals surface area contributed by atoms with Crippen LogP contribution in [0.2, 0.25) is 0 Å². The van der Waals surface area contributed by atoms with Gasteiger partial charge in [-0.15, -0.1) is 0 Å². The van der Waals surface area contributed by atoms with E-state index in [1.54, 1.807) is 6.92 Å². The van der Waals surface area contributed by atoms with Crippen molar-refractivity contribution in [3.05, 3.63) is 0 Å². The average Bonchev–Trinajstić information content (AvgIpc) is 2.85. The van der Waals surface area contributed by atoms with Gasteiger partial charge in [0.1, 0.15) is 6.10 Å². The molecule has 3 aliphatic rings. The number of hydrogen-bond donors (Lipinski definition) is 0. The van der Waals surface area contributed by atoms with Crippen molar-refractivity contribution in [2.75, 3.05) is 0 Å². The molecule has 0 aromatic rings. The maximum Gasteiger partial charge on any atom is 0.159 e. The van der Waals surface area contributed by atoms with Crippen LogP contribution < -0.4 is 0 Å². The lowest BCUT2D eigenvalue weighted by Crippen LogP contribution is -2.38. The first-order valence-corrected chi connectivity index (χ1v) is 7.59. The van der Waals surface area contributed by atoms with Crippen molar-refractivity contribution < 1.29 is 14.3 Å². The topological polar surface area (TPSA) is 35.5 Å². The first-order valence-electron chi connectivity index (χ1n) is 7.59. The Labute approximate surface area is 116 Å². The molecule has 0 radical (unpaired) electrons. The van der Waals surface area contributed by atoms with E-state index >= 15 is 0 Å². The van der Waals surface area contributed by atoms with Gasteiger partial charge in [-0.3, -0.25) is 4.79 Å². The molecule has 0 amide bonds. The lowest BCUT2D eigenvalue weighted by Gasteiger charge is -2.38. The minimum atomic E-state index is -0.345. The van der Waals surface area contributed by atoms with Crippen LogP contribution in [0.3, 0.4) is 0 Å². The molecule has 2 aliphatic carbocycles. The normalized spacial score (nSPS) is 48.3. The summed E-state index contributed by atoms with van der Waals surface area (Å²) in [6.45, 7) is 10.6. The molecule has 2 bridgehead atoms. The Morgan fingerprint density at radius 3 is 2.63 bits per heavy atom. The van der Waals surface area contributed by atoms with Crippen LogP contribution in [0.5, 0.6) is 0 Å². The molecular formula is C16H26O3. The molecular weight excluding hydrogens is 240 g/mol. The monoisotopic (exact) mass is 266 g/mol. The summed E-state index contributed by atoms with van der Waals surface area (Å²) in [7, 11) is 0. The summed E-state index contributed by atoms with van der Waals surface area (Å²) in [5.41, 5.74) is 0.652. The molecule has 0 N–H and O–H groups in total. The standard InChI is InChI=1S/C16H26O3/c1-9(17)10(2)18-13-8-11-12-6-7-16(5,14(11)19-13)15(12,3)4/h10-14H,6-8H2,1-5H3/t10-,11+,12-,13+,14+,16+/m1/s1. The van der Waals surface area contributed by atoms with Crippen LogP contribution in [-0.4, -0.2) is 24.3 Å². The second-order valence-corrected chi connectivity index (χ2v) is 7.56. The maximum atomic E-state index is 11.3. The molecule has 3 fully saturated rings. The van der Waals surface area contributed by atoms with Crippen molar-refractivity contribution in [2.24, 2.45) is 22.7 Å². The van der Waals surface area contributed by atoms with Crippen LogP contribution in [0.1, 0.15) is 53.9 Å². The number of carbonyl (C=O) groups is 1. The molecule has 3 nitrogen and oxygen atoms in total. The highest BCUT2D eigenvalue weighted by Crippen LogP contribution is 2.71. The van der Waals surface area contributed by atoms with Gasteiger partial charge in [0.2, 0.25) is 0 Å². The van der Waals surface area contributed by atoms with Crippen molar-refractivity contribution in [2.45, 2.75) is 72.4 Å². The van der Waals surface area contributed by atoms with E-state index in [2.05, 4.69) is 20.8 Å². The van der Waals surface area contributed by atoms with Gasteiger partial charge in [-0.2, -0.15) is 0 Å². The third-order valence-electron chi connectivity index (χ3n) is 6.60. The van der Waals surface area contributed by atoms with Crippen LogP contribution in [-0.2, 0) is 14.3 Å². The molecule has 108 valence electrons. The molecule has 0 aromatic carbocycles. The summed E-state index contributed by atoms with van der Waals surface area (Å²) in [5, 5.41) is 0. The SMILES string of the molecule is CC(=O)[C@@H](C)O[C@@H]1C[C@H]2[C@H]3CC[C@@](C)([C@H]2O1)C3(C)C. The van der Waals surface area contributed by atoms with Gasteiger partial charge in [-0.05, 0) is 49.4 Å². The van der Waals surface area contributed by atoms with Crippen LogP contribution in [0.15, 0.2) is 0 Å². The molecule has 2 saturated carbocycles. The Bertz CT molecular complexity index is 403. The van der Waals surface area contributed by atoms with Gasteiger partial charge in [-0.1, -0.05) is 20.8 Å². The van der Waals surface area contributed by atoms with E-state index in [0.29, 0.717) is 17.4 Å². The number of hydrogen-bond acceptors (Lipinski definition) is 3. The highest BCUT2D eigenvalue weighted by atomic mass is 16.7. The van der Waals surface area contributed by atoms with Crippen LogP contribution in [0, 0.1) is 22.7 Å². The van der Waals surface area contributed by atoms with Crippen molar-refractivity contribution in [3.63, 3.8) is 0 Å². The Hall–Kier alpha value is -0.410. The molecule has 6 atom stereocenters. The third-order valence-corrected chi connectivity index (χ3v) is 6.60. The zero-order valence-corrected chi connectivity index (χ0v) is 12.7. The minimum absolute atomic E-state index is 0.0789. The maximum absolute atomic E-state index is 11.3. The highest BCUT2D eigenvalue weighted by Gasteiger charge is 2.69. The fraction of sp³-hybridized carbons (Fsp3) is 0.938. The van der Waals surface area contributed by atoms with Gasteiger partial charge in [0.25, 0.3) is 0 Å². The first kappa shape index (κ1) is 13.6. The largest absolute Gasteiger partial charge is 0.349 e. The van der Waals surface area contributed by atoms with E-state index in [9.17, 15) is 4.79 Å². The van der Waals surface area contributed by atoms with Crippen molar-refractivity contribution in [1.29, 1.82) is 0 Å². The summed E-state index contributed by atoms with van der Waals surface area (Å²) in [5.74, 6) is 1.46. The molecule has 19 heavy (non-hydrogen) atoms. The Balaban J connectivity index is 1.74. The highest BCUT2D eigenvalue weighted by molar-refractivity contribution is 5.79. The predicted molar refractivity (Wildman–Crippen MR) is 72.6 cm³/mol. The van der Waals surface area contributed by atoms with E-state index in [1.165, 1.54) is 12.8 Å².